The van der Waals surface area contributed by atoms with E-state index in [2.05, 4.69) is 9.97 Å². The number of fused-ring (bicyclic) bond motifs is 1. The Bertz CT molecular complexity index is 933. The maximum absolute atomic E-state index is 11.4. The van der Waals surface area contributed by atoms with Crippen molar-refractivity contribution in [1.29, 1.82) is 0 Å². The topological polar surface area (TPSA) is 90.3 Å². The summed E-state index contributed by atoms with van der Waals surface area (Å²) in [5, 5.41) is 12.2. The van der Waals surface area contributed by atoms with Gasteiger partial charge in [-0.05, 0) is 25.1 Å². The van der Waals surface area contributed by atoms with Crippen molar-refractivity contribution in [2.45, 2.75) is 6.92 Å². The maximum atomic E-state index is 11.4. The number of rotatable bonds is 5. The van der Waals surface area contributed by atoms with Gasteiger partial charge in [-0.15, -0.1) is 0 Å². The van der Waals surface area contributed by atoms with E-state index >= 15 is 0 Å². The van der Waals surface area contributed by atoms with E-state index in [1.807, 2.05) is 0 Å². The van der Waals surface area contributed by atoms with Gasteiger partial charge in [0.25, 0.3) is 0 Å². The lowest BCUT2D eigenvalue weighted by molar-refractivity contribution is -0.385. The highest BCUT2D eigenvalue weighted by atomic mass is 35.5. The number of nitrogens with one attached hydrogen (secondary N) is 1. The molecule has 3 rings (SSSR count). The molecule has 0 aliphatic rings. The second-order valence-electron chi connectivity index (χ2n) is 5.09. The Morgan fingerprint density at radius 2 is 1.96 bits per heavy atom. The van der Waals surface area contributed by atoms with Crippen molar-refractivity contribution < 1.29 is 14.4 Å². The molecule has 0 atom stereocenters. The summed E-state index contributed by atoms with van der Waals surface area (Å²) in [6.45, 7) is 2.12. The summed E-state index contributed by atoms with van der Waals surface area (Å²) in [5.41, 5.74) is 1.54. The number of imidazole rings is 1. The van der Waals surface area contributed by atoms with Crippen molar-refractivity contribution in [3.8, 4) is 22.9 Å². The molecule has 7 nitrogen and oxygen atoms in total. The highest BCUT2D eigenvalue weighted by Gasteiger charge is 2.23. The second kappa shape index (κ2) is 6.78. The van der Waals surface area contributed by atoms with Crippen molar-refractivity contribution in [2.24, 2.45) is 0 Å². The molecule has 2 aromatic carbocycles. The molecule has 0 aliphatic carbocycles. The molecule has 0 unspecified atom stereocenters. The fourth-order valence-corrected chi connectivity index (χ4v) is 2.79. The predicted molar refractivity (Wildman–Crippen MR) is 95.9 cm³/mol. The highest BCUT2D eigenvalue weighted by molar-refractivity contribution is 6.42. The molecule has 0 saturated heterocycles. The summed E-state index contributed by atoms with van der Waals surface area (Å²) >= 11 is 12.0. The summed E-state index contributed by atoms with van der Waals surface area (Å²) in [4.78, 5) is 18.4. The Kier molecular flexibility index (Phi) is 4.69. The Morgan fingerprint density at radius 1 is 1.24 bits per heavy atom. The lowest BCUT2D eigenvalue weighted by atomic mass is 10.1. The molecule has 1 N–H and O–H groups in total. The largest absolute Gasteiger partial charge is 0.490 e. The molecule has 3 aromatic rings. The first-order chi connectivity index (χ1) is 11.9. The average Bonchev–Trinajstić information content (AvgIpc) is 2.97. The van der Waals surface area contributed by atoms with Crippen molar-refractivity contribution in [3.05, 3.63) is 44.4 Å². The first-order valence-corrected chi connectivity index (χ1v) is 8.04. The van der Waals surface area contributed by atoms with Gasteiger partial charge in [0.05, 0.1) is 39.7 Å². The van der Waals surface area contributed by atoms with Crippen LogP contribution in [0.2, 0.25) is 10.0 Å². The molecule has 0 fully saturated rings. The summed E-state index contributed by atoms with van der Waals surface area (Å²) < 4.78 is 10.6. The van der Waals surface area contributed by atoms with Gasteiger partial charge in [-0.2, -0.15) is 0 Å². The van der Waals surface area contributed by atoms with Gasteiger partial charge in [0.15, 0.2) is 5.75 Å². The van der Waals surface area contributed by atoms with Gasteiger partial charge in [0, 0.05) is 11.6 Å². The van der Waals surface area contributed by atoms with Crippen molar-refractivity contribution in [1.82, 2.24) is 9.97 Å². The Morgan fingerprint density at radius 3 is 2.60 bits per heavy atom. The van der Waals surface area contributed by atoms with E-state index in [1.165, 1.54) is 13.2 Å². The zero-order chi connectivity index (χ0) is 18.1. The third-order valence-corrected chi connectivity index (χ3v) is 4.26. The number of methoxy groups -OCH3 is 1. The van der Waals surface area contributed by atoms with Gasteiger partial charge in [-0.1, -0.05) is 23.2 Å². The van der Waals surface area contributed by atoms with Crippen LogP contribution in [-0.4, -0.2) is 28.6 Å². The molecule has 0 spiro atoms. The number of H-pyrrole nitrogens is 1. The molecule has 25 heavy (non-hydrogen) atoms. The van der Waals surface area contributed by atoms with Gasteiger partial charge in [-0.25, -0.2) is 4.98 Å². The van der Waals surface area contributed by atoms with Crippen LogP contribution in [0.1, 0.15) is 6.92 Å². The third kappa shape index (κ3) is 3.20. The molecule has 130 valence electrons. The zero-order valence-corrected chi connectivity index (χ0v) is 14.8. The maximum Gasteiger partial charge on any atom is 0.315 e. The first-order valence-electron chi connectivity index (χ1n) is 7.29. The van der Waals surface area contributed by atoms with Crippen LogP contribution in [0.15, 0.2) is 24.3 Å². The first kappa shape index (κ1) is 17.3. The van der Waals surface area contributed by atoms with Crippen molar-refractivity contribution >= 4 is 39.9 Å². The molecule has 1 aromatic heterocycles. The number of aromatic amines is 1. The van der Waals surface area contributed by atoms with Crippen LogP contribution in [0.5, 0.6) is 11.5 Å². The average molecular weight is 382 g/mol. The number of halogens is 2. The van der Waals surface area contributed by atoms with Gasteiger partial charge < -0.3 is 14.5 Å². The summed E-state index contributed by atoms with van der Waals surface area (Å²) in [5.74, 6) is 0.767. The minimum atomic E-state index is -0.527. The molecule has 9 heteroatoms. The second-order valence-corrected chi connectivity index (χ2v) is 5.90. The van der Waals surface area contributed by atoms with E-state index in [0.29, 0.717) is 39.1 Å². The number of benzene rings is 2. The van der Waals surface area contributed by atoms with Crippen LogP contribution in [0, 0.1) is 10.1 Å². The minimum absolute atomic E-state index is 0.0674. The zero-order valence-electron chi connectivity index (χ0n) is 13.3. The van der Waals surface area contributed by atoms with Gasteiger partial charge in [0.2, 0.25) is 5.75 Å². The lowest BCUT2D eigenvalue weighted by Gasteiger charge is -2.10. The van der Waals surface area contributed by atoms with Crippen LogP contribution in [0.3, 0.4) is 0 Å². The number of ether oxygens (including phenoxy) is 2. The summed E-state index contributed by atoms with van der Waals surface area (Å²) in [7, 11) is 1.36. The number of aromatic nitrogens is 2. The SMILES string of the molecule is CCOc1cc(-c2nc3cc(Cl)c(Cl)cc3[nH]2)cc([N+](=O)[O-])c1OC. The van der Waals surface area contributed by atoms with E-state index in [4.69, 9.17) is 32.7 Å². The van der Waals surface area contributed by atoms with Gasteiger partial charge >= 0.3 is 5.69 Å². The summed E-state index contributed by atoms with van der Waals surface area (Å²) in [6, 6.07) is 6.29. The van der Waals surface area contributed by atoms with Crippen LogP contribution >= 0.6 is 23.2 Å². The predicted octanol–water partition coefficient (Wildman–Crippen LogP) is 4.85. The Labute approximate surface area is 152 Å². The van der Waals surface area contributed by atoms with E-state index in [0.717, 1.165) is 0 Å². The van der Waals surface area contributed by atoms with Crippen LogP contribution in [0.25, 0.3) is 22.4 Å². The van der Waals surface area contributed by atoms with Crippen LogP contribution < -0.4 is 9.47 Å². The quantitative estimate of drug-likeness (QED) is 0.503. The fourth-order valence-electron chi connectivity index (χ4n) is 2.47. The third-order valence-electron chi connectivity index (χ3n) is 3.53. The van der Waals surface area contributed by atoms with Gasteiger partial charge in [0.1, 0.15) is 5.82 Å². The van der Waals surface area contributed by atoms with Gasteiger partial charge in [-0.3, -0.25) is 10.1 Å². The molecular formula is C16H13Cl2N3O4. The van der Waals surface area contributed by atoms with E-state index in [-0.39, 0.29) is 17.2 Å². The molecule has 1 heterocycles. The van der Waals surface area contributed by atoms with E-state index in [9.17, 15) is 10.1 Å². The monoisotopic (exact) mass is 381 g/mol. The van der Waals surface area contributed by atoms with E-state index in [1.54, 1.807) is 25.1 Å². The Balaban J connectivity index is 2.20. The van der Waals surface area contributed by atoms with Crippen molar-refractivity contribution in [3.63, 3.8) is 0 Å². The molecule has 0 amide bonds. The standard InChI is InChI=1S/C16H13Cl2N3O4/c1-3-25-14-5-8(4-13(21(22)23)15(14)24-2)16-19-11-6-9(17)10(18)7-12(11)20-16/h4-7H,3H2,1-2H3,(H,19,20). The van der Waals surface area contributed by atoms with Crippen LogP contribution in [0.4, 0.5) is 5.69 Å². The molecule has 0 aliphatic heterocycles. The van der Waals surface area contributed by atoms with Crippen LogP contribution in [-0.2, 0) is 0 Å². The number of hydrogen-bond donors (Lipinski definition) is 1. The Hall–Kier alpha value is -2.51. The smallest absolute Gasteiger partial charge is 0.315 e. The summed E-state index contributed by atoms with van der Waals surface area (Å²) in [6.07, 6.45) is 0. The normalized spacial score (nSPS) is 10.9. The number of hydrogen-bond acceptors (Lipinski definition) is 5. The minimum Gasteiger partial charge on any atom is -0.490 e. The fraction of sp³-hybridized carbons (Fsp3) is 0.188. The lowest BCUT2D eigenvalue weighted by Crippen LogP contribution is -2.00. The number of nitro groups is 1. The van der Waals surface area contributed by atoms with E-state index < -0.39 is 4.92 Å². The molecule has 0 bridgehead atoms. The number of nitro benzene ring substituents is 1. The highest BCUT2D eigenvalue weighted by Crippen LogP contribution is 2.41. The molecular weight excluding hydrogens is 369 g/mol. The molecule has 0 radical (unpaired) electrons. The number of nitrogens with zero attached hydrogens (tertiary/aromatic N) is 2. The van der Waals surface area contributed by atoms with Crippen molar-refractivity contribution in [2.75, 3.05) is 13.7 Å². The molecule has 0 saturated carbocycles.